The lowest BCUT2D eigenvalue weighted by Crippen LogP contribution is -2.53. The molecule has 2 unspecified atom stereocenters. The molecule has 0 aromatic heterocycles. The standard InChI is InChI=1S/C18H25ClN2O2/c19-15-6-1-2-7-16(15)23-9-8-17(22)21-18-12-4-3-5-13(18)11-14(20)10-12/h1-2,6-7,12-14,18H,3-5,8-11,20H2,(H,21,22). The zero-order valence-electron chi connectivity index (χ0n) is 13.3. The topological polar surface area (TPSA) is 64.3 Å². The fourth-order valence-electron chi connectivity index (χ4n) is 4.10. The van der Waals surface area contributed by atoms with E-state index in [2.05, 4.69) is 5.32 Å². The highest BCUT2D eigenvalue weighted by Crippen LogP contribution is 2.39. The fourth-order valence-corrected chi connectivity index (χ4v) is 4.29. The van der Waals surface area contributed by atoms with Crippen LogP contribution in [0.1, 0.15) is 38.5 Å². The molecule has 5 heteroatoms. The highest BCUT2D eigenvalue weighted by atomic mass is 35.5. The van der Waals surface area contributed by atoms with E-state index in [9.17, 15) is 4.79 Å². The van der Waals surface area contributed by atoms with Crippen molar-refractivity contribution >= 4 is 17.5 Å². The molecule has 2 saturated carbocycles. The third-order valence-corrected chi connectivity index (χ3v) is 5.44. The molecule has 0 spiro atoms. The van der Waals surface area contributed by atoms with E-state index in [1.165, 1.54) is 19.3 Å². The Labute approximate surface area is 142 Å². The molecule has 1 aromatic rings. The van der Waals surface area contributed by atoms with Crippen LogP contribution in [0.4, 0.5) is 0 Å². The van der Waals surface area contributed by atoms with Crippen LogP contribution in [0, 0.1) is 11.8 Å². The number of benzene rings is 1. The first-order valence-electron chi connectivity index (χ1n) is 8.55. The lowest BCUT2D eigenvalue weighted by atomic mass is 9.67. The average Bonchev–Trinajstić information content (AvgIpc) is 2.50. The highest BCUT2D eigenvalue weighted by Gasteiger charge is 2.39. The first kappa shape index (κ1) is 16.6. The number of carbonyl (C=O) groups is 1. The maximum absolute atomic E-state index is 12.2. The molecule has 2 bridgehead atoms. The lowest BCUT2D eigenvalue weighted by molar-refractivity contribution is -0.123. The van der Waals surface area contributed by atoms with Crippen LogP contribution in [0.15, 0.2) is 24.3 Å². The van der Waals surface area contributed by atoms with Crippen LogP contribution < -0.4 is 15.8 Å². The molecule has 2 atom stereocenters. The van der Waals surface area contributed by atoms with Gasteiger partial charge in [0.1, 0.15) is 5.75 Å². The van der Waals surface area contributed by atoms with Gasteiger partial charge in [-0.25, -0.2) is 0 Å². The number of ether oxygens (including phenoxy) is 1. The summed E-state index contributed by atoms with van der Waals surface area (Å²) in [6, 6.07) is 7.93. The number of halogens is 1. The van der Waals surface area contributed by atoms with Gasteiger partial charge in [-0.15, -0.1) is 0 Å². The molecule has 2 fully saturated rings. The number of para-hydroxylation sites is 1. The predicted octanol–water partition coefficient (Wildman–Crippen LogP) is 3.13. The van der Waals surface area contributed by atoms with E-state index in [-0.39, 0.29) is 5.91 Å². The summed E-state index contributed by atoms with van der Waals surface area (Å²) in [5.41, 5.74) is 6.13. The molecule has 4 nitrogen and oxygen atoms in total. The maximum atomic E-state index is 12.2. The van der Waals surface area contributed by atoms with Crippen LogP contribution in [-0.4, -0.2) is 24.6 Å². The largest absolute Gasteiger partial charge is 0.491 e. The third kappa shape index (κ3) is 4.18. The van der Waals surface area contributed by atoms with Gasteiger partial charge in [0.15, 0.2) is 0 Å². The summed E-state index contributed by atoms with van der Waals surface area (Å²) < 4.78 is 5.59. The van der Waals surface area contributed by atoms with Gasteiger partial charge in [-0.1, -0.05) is 30.2 Å². The van der Waals surface area contributed by atoms with Gasteiger partial charge >= 0.3 is 0 Å². The molecule has 2 aliphatic carbocycles. The first-order valence-corrected chi connectivity index (χ1v) is 8.93. The predicted molar refractivity (Wildman–Crippen MR) is 91.5 cm³/mol. The van der Waals surface area contributed by atoms with Crippen molar-refractivity contribution in [2.45, 2.75) is 50.6 Å². The SMILES string of the molecule is NC1CC2CCCC(C1)C2NC(=O)CCOc1ccccc1Cl. The molecular weight excluding hydrogens is 312 g/mol. The minimum absolute atomic E-state index is 0.0643. The van der Waals surface area contributed by atoms with Crippen LogP contribution in [-0.2, 0) is 4.79 Å². The van der Waals surface area contributed by atoms with E-state index in [1.54, 1.807) is 6.07 Å². The second-order valence-corrected chi connectivity index (χ2v) is 7.21. The number of amides is 1. The van der Waals surface area contributed by atoms with Gasteiger partial charge in [-0.2, -0.15) is 0 Å². The van der Waals surface area contributed by atoms with Crippen molar-refractivity contribution in [3.05, 3.63) is 29.3 Å². The molecular formula is C18H25ClN2O2. The second-order valence-electron chi connectivity index (χ2n) is 6.80. The molecule has 2 aliphatic rings. The molecule has 3 rings (SSSR count). The van der Waals surface area contributed by atoms with Gasteiger partial charge in [-0.05, 0) is 49.7 Å². The third-order valence-electron chi connectivity index (χ3n) is 5.13. The summed E-state index contributed by atoms with van der Waals surface area (Å²) in [4.78, 5) is 12.2. The van der Waals surface area contributed by atoms with Crippen molar-refractivity contribution < 1.29 is 9.53 Å². The summed E-state index contributed by atoms with van der Waals surface area (Å²) in [7, 11) is 0. The number of hydrogen-bond acceptors (Lipinski definition) is 3. The van der Waals surface area contributed by atoms with E-state index in [4.69, 9.17) is 22.1 Å². The number of nitrogens with two attached hydrogens (primary N) is 1. The summed E-state index contributed by atoms with van der Waals surface area (Å²) in [5.74, 6) is 1.79. The Morgan fingerprint density at radius 3 is 2.65 bits per heavy atom. The molecule has 0 radical (unpaired) electrons. The van der Waals surface area contributed by atoms with E-state index < -0.39 is 0 Å². The van der Waals surface area contributed by atoms with Crippen LogP contribution >= 0.6 is 11.6 Å². The van der Waals surface area contributed by atoms with Gasteiger partial charge in [0, 0.05) is 12.1 Å². The highest BCUT2D eigenvalue weighted by molar-refractivity contribution is 6.32. The first-order chi connectivity index (χ1) is 11.1. The van der Waals surface area contributed by atoms with Gasteiger partial charge in [0.05, 0.1) is 18.1 Å². The minimum Gasteiger partial charge on any atom is -0.491 e. The summed E-state index contributed by atoms with van der Waals surface area (Å²) in [5, 5.41) is 3.81. The van der Waals surface area contributed by atoms with E-state index in [1.807, 2.05) is 18.2 Å². The summed E-state index contributed by atoms with van der Waals surface area (Å²) in [6.07, 6.45) is 6.07. The molecule has 1 amide bonds. The van der Waals surface area contributed by atoms with Crippen LogP contribution in [0.25, 0.3) is 0 Å². The number of rotatable bonds is 5. The lowest BCUT2D eigenvalue weighted by Gasteiger charge is -2.45. The Bertz CT molecular complexity index is 538. The molecule has 0 saturated heterocycles. The van der Waals surface area contributed by atoms with Crippen molar-refractivity contribution in [3.63, 3.8) is 0 Å². The Morgan fingerprint density at radius 1 is 1.26 bits per heavy atom. The number of hydrogen-bond donors (Lipinski definition) is 2. The van der Waals surface area contributed by atoms with Crippen molar-refractivity contribution in [2.75, 3.05) is 6.61 Å². The van der Waals surface area contributed by atoms with E-state index in [0.717, 1.165) is 12.8 Å². The monoisotopic (exact) mass is 336 g/mol. The van der Waals surface area contributed by atoms with Crippen molar-refractivity contribution in [1.82, 2.24) is 5.32 Å². The van der Waals surface area contributed by atoms with Crippen molar-refractivity contribution in [2.24, 2.45) is 17.6 Å². The normalized spacial score (nSPS) is 29.8. The second kappa shape index (κ2) is 7.54. The summed E-state index contributed by atoms with van der Waals surface area (Å²) in [6.45, 7) is 0.344. The van der Waals surface area contributed by atoms with Crippen molar-refractivity contribution in [1.29, 1.82) is 0 Å². The maximum Gasteiger partial charge on any atom is 0.223 e. The van der Waals surface area contributed by atoms with Crippen LogP contribution in [0.5, 0.6) is 5.75 Å². The summed E-state index contributed by atoms with van der Waals surface area (Å²) >= 11 is 6.04. The van der Waals surface area contributed by atoms with E-state index >= 15 is 0 Å². The fraction of sp³-hybridized carbons (Fsp3) is 0.611. The average molecular weight is 337 g/mol. The van der Waals surface area contributed by atoms with E-state index in [0.29, 0.717) is 47.7 Å². The zero-order valence-corrected chi connectivity index (χ0v) is 14.1. The van der Waals surface area contributed by atoms with Gasteiger partial charge in [-0.3, -0.25) is 4.79 Å². The number of fused-ring (bicyclic) bond motifs is 2. The van der Waals surface area contributed by atoms with Gasteiger partial charge in [0.25, 0.3) is 0 Å². The molecule has 0 heterocycles. The Morgan fingerprint density at radius 2 is 1.96 bits per heavy atom. The molecule has 3 N–H and O–H groups in total. The smallest absolute Gasteiger partial charge is 0.223 e. The van der Waals surface area contributed by atoms with Crippen LogP contribution in [0.3, 0.4) is 0 Å². The Balaban J connectivity index is 1.47. The quantitative estimate of drug-likeness (QED) is 0.868. The molecule has 0 aliphatic heterocycles. The molecule has 1 aromatic carbocycles. The minimum atomic E-state index is 0.0643. The molecule has 23 heavy (non-hydrogen) atoms. The number of carbonyl (C=O) groups excluding carboxylic acids is 1. The van der Waals surface area contributed by atoms with Gasteiger partial charge in [0.2, 0.25) is 5.91 Å². The Hall–Kier alpha value is -1.26. The number of nitrogens with one attached hydrogen (secondary N) is 1. The Kier molecular flexibility index (Phi) is 5.44. The van der Waals surface area contributed by atoms with Crippen molar-refractivity contribution in [3.8, 4) is 5.75 Å². The zero-order chi connectivity index (χ0) is 16.2. The van der Waals surface area contributed by atoms with Gasteiger partial charge < -0.3 is 15.8 Å². The molecule has 126 valence electrons. The van der Waals surface area contributed by atoms with Crippen LogP contribution in [0.2, 0.25) is 5.02 Å².